The second-order valence-electron chi connectivity index (χ2n) is 6.69. The van der Waals surface area contributed by atoms with Gasteiger partial charge in [-0.1, -0.05) is 23.0 Å². The highest BCUT2D eigenvalue weighted by Gasteiger charge is 2.54. The zero-order valence-corrected chi connectivity index (χ0v) is 19.2. The van der Waals surface area contributed by atoms with Crippen LogP contribution in [-0.2, 0) is 19.2 Å². The van der Waals surface area contributed by atoms with Crippen molar-refractivity contribution in [1.29, 1.82) is 0 Å². The van der Waals surface area contributed by atoms with Gasteiger partial charge in [0.25, 0.3) is 11.8 Å². The molecule has 1 aromatic heterocycles. The number of rotatable bonds is 9. The van der Waals surface area contributed by atoms with Gasteiger partial charge < -0.3 is 32.8 Å². The number of carbonyl (C=O) groups is 4. The SMILES string of the molecule is NC(=O)C(N)C/C=C\SC1=C(C(=O)O)N2C(=O)C(NC(=O)/C(=N\O)c3csc(N)n3)[C@H]2SC1. The maximum Gasteiger partial charge on any atom is 0.353 e. The third-order valence-electron chi connectivity index (χ3n) is 4.56. The van der Waals surface area contributed by atoms with Crippen molar-refractivity contribution in [2.45, 2.75) is 23.9 Å². The number of nitrogens with one attached hydrogen (secondary N) is 1. The number of aliphatic carboxylic acids is 1. The number of primary amides is 1. The van der Waals surface area contributed by atoms with E-state index in [-0.39, 0.29) is 28.7 Å². The zero-order valence-electron chi connectivity index (χ0n) is 16.7. The fourth-order valence-corrected chi connectivity index (χ4v) is 5.84. The standard InChI is InChI=1S/C17H19N7O6S3/c18-6(12(19)25)2-1-3-31-8-5-32-15-10(14(27)24(15)11(8)16(28)29)22-13(26)9(23-30)7-4-33-17(20)21-7/h1,3-4,6,10,15,30H,2,5,18H2,(H2,19,25)(H2,20,21)(H,22,26)(H,28,29)/b3-1-,23-9-/t6?,10?,15-/m1/s1. The summed E-state index contributed by atoms with van der Waals surface area (Å²) in [5, 5.41) is 26.8. The Kier molecular flexibility index (Phi) is 7.62. The van der Waals surface area contributed by atoms with E-state index in [0.29, 0.717) is 4.91 Å². The van der Waals surface area contributed by atoms with E-state index >= 15 is 0 Å². The minimum atomic E-state index is -1.29. The molecule has 2 unspecified atom stereocenters. The van der Waals surface area contributed by atoms with Crippen molar-refractivity contribution < 1.29 is 29.5 Å². The number of thioether (sulfide) groups is 2. The molecule has 0 spiro atoms. The quantitative estimate of drug-likeness (QED) is 0.102. The molecule has 0 radical (unpaired) electrons. The Bertz CT molecular complexity index is 1080. The largest absolute Gasteiger partial charge is 0.477 e. The van der Waals surface area contributed by atoms with Gasteiger partial charge in [0, 0.05) is 16.0 Å². The van der Waals surface area contributed by atoms with Crippen LogP contribution in [0.4, 0.5) is 5.13 Å². The number of anilines is 1. The molecule has 2 aliphatic rings. The van der Waals surface area contributed by atoms with Crippen LogP contribution in [0, 0.1) is 0 Å². The summed E-state index contributed by atoms with van der Waals surface area (Å²) in [5.74, 6) is -3.15. The Morgan fingerprint density at radius 2 is 2.18 bits per heavy atom. The van der Waals surface area contributed by atoms with Crippen molar-refractivity contribution in [3.63, 3.8) is 0 Å². The Morgan fingerprint density at radius 1 is 1.45 bits per heavy atom. The summed E-state index contributed by atoms with van der Waals surface area (Å²) in [6, 6.07) is -1.87. The van der Waals surface area contributed by atoms with Gasteiger partial charge in [0.05, 0.1) is 6.04 Å². The van der Waals surface area contributed by atoms with E-state index in [1.807, 2.05) is 0 Å². The van der Waals surface area contributed by atoms with Crippen molar-refractivity contribution in [2.75, 3.05) is 11.5 Å². The third kappa shape index (κ3) is 5.13. The van der Waals surface area contributed by atoms with Crippen LogP contribution in [0.5, 0.6) is 0 Å². The summed E-state index contributed by atoms with van der Waals surface area (Å²) in [6.07, 6.45) is 1.77. The highest BCUT2D eigenvalue weighted by atomic mass is 32.2. The van der Waals surface area contributed by atoms with Crippen LogP contribution in [0.3, 0.4) is 0 Å². The maximum absolute atomic E-state index is 12.7. The van der Waals surface area contributed by atoms with Crippen molar-refractivity contribution in [1.82, 2.24) is 15.2 Å². The number of β-lactam (4-membered cyclic amide) rings is 1. The number of carboxylic acid groups (broad SMARTS) is 1. The van der Waals surface area contributed by atoms with Gasteiger partial charge in [-0.05, 0) is 11.8 Å². The zero-order chi connectivity index (χ0) is 24.3. The van der Waals surface area contributed by atoms with Gasteiger partial charge >= 0.3 is 5.97 Å². The molecular formula is C17H19N7O6S3. The number of hydrogen-bond acceptors (Lipinski definition) is 12. The third-order valence-corrected chi connectivity index (χ3v) is 7.65. The first-order valence-corrected chi connectivity index (χ1v) is 12.0. The molecule has 1 fully saturated rings. The molecule has 0 bridgehead atoms. The van der Waals surface area contributed by atoms with Crippen molar-refractivity contribution in [2.24, 2.45) is 16.6 Å². The van der Waals surface area contributed by atoms with Crippen LogP contribution in [0.2, 0.25) is 0 Å². The number of oxime groups is 1. The fraction of sp³-hybridized carbons (Fsp3) is 0.294. The van der Waals surface area contributed by atoms with Crippen LogP contribution in [-0.4, -0.2) is 72.8 Å². The van der Waals surface area contributed by atoms with E-state index in [9.17, 15) is 29.5 Å². The van der Waals surface area contributed by atoms with Crippen molar-refractivity contribution in [3.8, 4) is 0 Å². The number of aromatic nitrogens is 1. The topological polar surface area (TPSA) is 227 Å². The molecule has 176 valence electrons. The molecule has 13 nitrogen and oxygen atoms in total. The normalized spacial score (nSPS) is 21.5. The lowest BCUT2D eigenvalue weighted by Crippen LogP contribution is -2.71. The predicted molar refractivity (Wildman–Crippen MR) is 123 cm³/mol. The Morgan fingerprint density at radius 3 is 2.76 bits per heavy atom. The summed E-state index contributed by atoms with van der Waals surface area (Å²) in [4.78, 5) is 53.5. The van der Waals surface area contributed by atoms with Crippen molar-refractivity contribution in [3.05, 3.63) is 33.2 Å². The van der Waals surface area contributed by atoms with Crippen LogP contribution >= 0.6 is 34.9 Å². The van der Waals surface area contributed by atoms with E-state index < -0.39 is 46.9 Å². The van der Waals surface area contributed by atoms with E-state index in [1.165, 1.54) is 17.1 Å². The molecule has 16 heteroatoms. The lowest BCUT2D eigenvalue weighted by Gasteiger charge is -2.49. The minimum absolute atomic E-state index is 0.0464. The molecule has 0 saturated carbocycles. The molecular weight excluding hydrogens is 494 g/mol. The number of nitrogens with zero attached hydrogens (tertiary/aromatic N) is 3. The number of thiazole rings is 1. The highest BCUT2D eigenvalue weighted by molar-refractivity contribution is 8.08. The summed E-state index contributed by atoms with van der Waals surface area (Å²) in [6.45, 7) is 0. The van der Waals surface area contributed by atoms with E-state index in [4.69, 9.17) is 17.2 Å². The number of carboxylic acids is 1. The Labute approximate surface area is 199 Å². The van der Waals surface area contributed by atoms with E-state index in [0.717, 1.165) is 28.0 Å². The predicted octanol–water partition coefficient (Wildman–Crippen LogP) is -0.951. The summed E-state index contributed by atoms with van der Waals surface area (Å²) >= 11 is 3.40. The van der Waals surface area contributed by atoms with Gasteiger partial charge in [-0.3, -0.25) is 19.3 Å². The van der Waals surface area contributed by atoms with Crippen LogP contribution in [0.1, 0.15) is 12.1 Å². The first-order valence-electron chi connectivity index (χ1n) is 9.17. The monoisotopic (exact) mass is 513 g/mol. The second-order valence-corrected chi connectivity index (χ2v) is 9.69. The van der Waals surface area contributed by atoms with E-state index in [1.54, 1.807) is 11.5 Å². The van der Waals surface area contributed by atoms with Crippen LogP contribution in [0.25, 0.3) is 0 Å². The van der Waals surface area contributed by atoms with Gasteiger partial charge in [0.15, 0.2) is 10.8 Å². The van der Waals surface area contributed by atoms with Gasteiger partial charge in [-0.15, -0.1) is 23.1 Å². The van der Waals surface area contributed by atoms with Crippen LogP contribution in [0.15, 0.2) is 32.6 Å². The number of nitrogens with two attached hydrogens (primary N) is 3. The van der Waals surface area contributed by atoms with E-state index in [2.05, 4.69) is 15.5 Å². The Hall–Kier alpha value is -3.08. The summed E-state index contributed by atoms with van der Waals surface area (Å²) in [7, 11) is 0. The minimum Gasteiger partial charge on any atom is -0.477 e. The molecule has 0 aromatic carbocycles. The molecule has 2 aliphatic heterocycles. The average molecular weight is 514 g/mol. The molecule has 0 aliphatic carbocycles. The number of carbonyl (C=O) groups excluding carboxylic acids is 3. The molecule has 9 N–H and O–H groups in total. The lowest BCUT2D eigenvalue weighted by atomic mass is 10.0. The first kappa shape index (κ1) is 24.6. The molecule has 1 saturated heterocycles. The summed E-state index contributed by atoms with van der Waals surface area (Å²) < 4.78 is 0. The smallest absolute Gasteiger partial charge is 0.353 e. The van der Waals surface area contributed by atoms with Gasteiger partial charge in [-0.25, -0.2) is 9.78 Å². The number of nitrogen functional groups attached to an aromatic ring is 1. The second kappa shape index (κ2) is 10.2. The van der Waals surface area contributed by atoms with Gasteiger partial charge in [0.1, 0.15) is 22.8 Å². The lowest BCUT2D eigenvalue weighted by molar-refractivity contribution is -0.150. The number of amides is 3. The maximum atomic E-state index is 12.7. The highest BCUT2D eigenvalue weighted by Crippen LogP contribution is 2.43. The van der Waals surface area contributed by atoms with Gasteiger partial charge in [-0.2, -0.15) is 0 Å². The molecule has 1 aromatic rings. The number of hydrogen-bond donors (Lipinski definition) is 6. The fourth-order valence-electron chi connectivity index (χ4n) is 2.95. The molecule has 3 amide bonds. The molecule has 3 rings (SSSR count). The molecule has 3 atom stereocenters. The average Bonchev–Trinajstić information content (AvgIpc) is 3.20. The first-order chi connectivity index (χ1) is 15.6. The van der Waals surface area contributed by atoms with Crippen LogP contribution < -0.4 is 22.5 Å². The van der Waals surface area contributed by atoms with Gasteiger partial charge in [0.2, 0.25) is 5.91 Å². The Balaban J connectivity index is 1.70. The molecule has 33 heavy (non-hydrogen) atoms. The molecule has 3 heterocycles. The summed E-state index contributed by atoms with van der Waals surface area (Å²) in [5.41, 5.74) is 15.6. The number of fused-ring (bicyclic) bond motifs is 1. The van der Waals surface area contributed by atoms with Crippen molar-refractivity contribution >= 4 is 69.4 Å².